The lowest BCUT2D eigenvalue weighted by Crippen LogP contribution is -2.31. The van der Waals surface area contributed by atoms with Crippen LogP contribution in [-0.2, 0) is 9.53 Å². The number of ether oxygens (including phenoxy) is 1. The maximum atomic E-state index is 13.6. The van der Waals surface area contributed by atoms with E-state index < -0.39 is 35.2 Å². The number of hydrogen-bond acceptors (Lipinski definition) is 3. The summed E-state index contributed by atoms with van der Waals surface area (Å²) in [6, 6.07) is 10.4. The van der Waals surface area contributed by atoms with Gasteiger partial charge >= 0.3 is 5.97 Å². The van der Waals surface area contributed by atoms with Crippen LogP contribution in [0.1, 0.15) is 49.0 Å². The monoisotopic (exact) mass is 361 g/mol. The van der Waals surface area contributed by atoms with Crippen molar-refractivity contribution >= 4 is 17.6 Å². The van der Waals surface area contributed by atoms with Crippen LogP contribution in [0.4, 0.5) is 14.5 Å². The van der Waals surface area contributed by atoms with Gasteiger partial charge in [0.2, 0.25) is 0 Å². The van der Waals surface area contributed by atoms with Gasteiger partial charge in [-0.3, -0.25) is 4.79 Å². The number of halogens is 2. The Labute approximate surface area is 151 Å². The number of hydrogen-bond donors (Lipinski definition) is 1. The number of anilines is 1. The summed E-state index contributed by atoms with van der Waals surface area (Å²) in [5.74, 6) is -3.64. The standard InChI is InChI=1S/C20H21F2NO3/c1-4-12(2)14-8-5-6-11-17(14)23-19(24)13(3)26-20(25)18-15(21)9-7-10-16(18)22/h5-13H,4H2,1-3H3,(H,23,24)/t12-,13+/m1/s1. The topological polar surface area (TPSA) is 55.4 Å². The number of esters is 1. The summed E-state index contributed by atoms with van der Waals surface area (Å²) in [5, 5.41) is 2.71. The van der Waals surface area contributed by atoms with E-state index in [4.69, 9.17) is 4.74 Å². The van der Waals surface area contributed by atoms with Crippen molar-refractivity contribution in [3.63, 3.8) is 0 Å². The third-order valence-electron chi connectivity index (χ3n) is 4.18. The van der Waals surface area contributed by atoms with Crippen molar-refractivity contribution in [1.29, 1.82) is 0 Å². The molecule has 1 N–H and O–H groups in total. The Bertz CT molecular complexity index is 787. The lowest BCUT2D eigenvalue weighted by Gasteiger charge is -2.18. The Morgan fingerprint density at radius 2 is 1.65 bits per heavy atom. The Hall–Kier alpha value is -2.76. The molecule has 2 aromatic rings. The van der Waals surface area contributed by atoms with E-state index in [1.165, 1.54) is 6.92 Å². The third kappa shape index (κ3) is 4.45. The van der Waals surface area contributed by atoms with Gasteiger partial charge in [-0.05, 0) is 43.0 Å². The predicted octanol–water partition coefficient (Wildman–Crippen LogP) is 4.66. The average molecular weight is 361 g/mol. The van der Waals surface area contributed by atoms with Gasteiger partial charge in [0.25, 0.3) is 5.91 Å². The molecule has 0 saturated carbocycles. The van der Waals surface area contributed by atoms with Crippen molar-refractivity contribution in [2.75, 3.05) is 5.32 Å². The molecule has 6 heteroatoms. The molecule has 0 aliphatic carbocycles. The second-order valence-electron chi connectivity index (χ2n) is 6.03. The van der Waals surface area contributed by atoms with Crippen molar-refractivity contribution in [1.82, 2.24) is 0 Å². The molecule has 2 aromatic carbocycles. The third-order valence-corrected chi connectivity index (χ3v) is 4.18. The summed E-state index contributed by atoms with van der Waals surface area (Å²) in [6.45, 7) is 5.42. The molecule has 2 atom stereocenters. The summed E-state index contributed by atoms with van der Waals surface area (Å²) in [5.41, 5.74) is 0.765. The largest absolute Gasteiger partial charge is 0.449 e. The van der Waals surface area contributed by atoms with Crippen LogP contribution in [0.5, 0.6) is 0 Å². The zero-order valence-electron chi connectivity index (χ0n) is 14.9. The van der Waals surface area contributed by atoms with Gasteiger partial charge in [-0.25, -0.2) is 13.6 Å². The van der Waals surface area contributed by atoms with E-state index in [0.717, 1.165) is 30.2 Å². The first-order chi connectivity index (χ1) is 12.3. The zero-order valence-corrected chi connectivity index (χ0v) is 14.9. The van der Waals surface area contributed by atoms with Gasteiger partial charge in [0.15, 0.2) is 6.10 Å². The number of carbonyl (C=O) groups excluding carboxylic acids is 2. The Balaban J connectivity index is 2.10. The first-order valence-electron chi connectivity index (χ1n) is 8.39. The Morgan fingerprint density at radius 1 is 1.04 bits per heavy atom. The van der Waals surface area contributed by atoms with Gasteiger partial charge < -0.3 is 10.1 Å². The zero-order chi connectivity index (χ0) is 19.3. The van der Waals surface area contributed by atoms with E-state index in [0.29, 0.717) is 5.69 Å². The molecule has 0 saturated heterocycles. The number of carbonyl (C=O) groups is 2. The molecule has 0 heterocycles. The fourth-order valence-electron chi connectivity index (χ4n) is 2.46. The molecule has 0 bridgehead atoms. The van der Waals surface area contributed by atoms with Crippen LogP contribution in [-0.4, -0.2) is 18.0 Å². The summed E-state index contributed by atoms with van der Waals surface area (Å²) in [7, 11) is 0. The van der Waals surface area contributed by atoms with Crippen molar-refractivity contribution in [3.05, 3.63) is 65.2 Å². The van der Waals surface area contributed by atoms with E-state index in [1.807, 2.05) is 26.0 Å². The summed E-state index contributed by atoms with van der Waals surface area (Å²) >= 11 is 0. The molecule has 0 radical (unpaired) electrons. The number of rotatable bonds is 6. The van der Waals surface area contributed by atoms with E-state index in [1.54, 1.807) is 12.1 Å². The molecule has 4 nitrogen and oxygen atoms in total. The van der Waals surface area contributed by atoms with Gasteiger partial charge in [-0.15, -0.1) is 0 Å². The van der Waals surface area contributed by atoms with E-state index in [9.17, 15) is 18.4 Å². The van der Waals surface area contributed by atoms with E-state index in [-0.39, 0.29) is 5.92 Å². The predicted molar refractivity (Wildman–Crippen MR) is 95.0 cm³/mol. The lowest BCUT2D eigenvalue weighted by atomic mass is 9.97. The molecule has 0 fully saturated rings. The molecule has 0 unspecified atom stereocenters. The molecule has 0 aliphatic heterocycles. The fraction of sp³-hybridized carbons (Fsp3) is 0.300. The van der Waals surface area contributed by atoms with Gasteiger partial charge in [0.05, 0.1) is 0 Å². The molecule has 0 aromatic heterocycles. The highest BCUT2D eigenvalue weighted by Gasteiger charge is 2.24. The number of nitrogens with one attached hydrogen (secondary N) is 1. The second-order valence-corrected chi connectivity index (χ2v) is 6.03. The SMILES string of the molecule is CC[C@@H](C)c1ccccc1NC(=O)[C@H](C)OC(=O)c1c(F)cccc1F. The Morgan fingerprint density at radius 3 is 2.27 bits per heavy atom. The smallest absolute Gasteiger partial charge is 0.344 e. The van der Waals surface area contributed by atoms with Crippen LogP contribution in [0.15, 0.2) is 42.5 Å². The summed E-state index contributed by atoms with van der Waals surface area (Å²) in [4.78, 5) is 24.3. The maximum absolute atomic E-state index is 13.6. The number of benzene rings is 2. The highest BCUT2D eigenvalue weighted by atomic mass is 19.1. The molecule has 26 heavy (non-hydrogen) atoms. The number of amides is 1. The van der Waals surface area contributed by atoms with Gasteiger partial charge in [0.1, 0.15) is 17.2 Å². The average Bonchev–Trinajstić information content (AvgIpc) is 2.61. The maximum Gasteiger partial charge on any atom is 0.344 e. The normalized spacial score (nSPS) is 13.0. The van der Waals surface area contributed by atoms with Crippen LogP contribution < -0.4 is 5.32 Å². The Kier molecular flexibility index (Phi) is 6.44. The first kappa shape index (κ1) is 19.6. The van der Waals surface area contributed by atoms with Crippen molar-refractivity contribution in [2.45, 2.75) is 39.2 Å². The van der Waals surface area contributed by atoms with E-state index >= 15 is 0 Å². The van der Waals surface area contributed by atoms with Crippen molar-refractivity contribution < 1.29 is 23.1 Å². The molecule has 138 valence electrons. The fourth-order valence-corrected chi connectivity index (χ4v) is 2.46. The summed E-state index contributed by atoms with van der Waals surface area (Å²) in [6.07, 6.45) is -0.323. The molecular weight excluding hydrogens is 340 g/mol. The molecule has 2 rings (SSSR count). The highest BCUT2D eigenvalue weighted by molar-refractivity contribution is 5.98. The molecule has 0 aliphatic rings. The van der Waals surface area contributed by atoms with Crippen LogP contribution in [0.3, 0.4) is 0 Å². The van der Waals surface area contributed by atoms with Crippen molar-refractivity contribution in [2.24, 2.45) is 0 Å². The molecular formula is C20H21F2NO3. The van der Waals surface area contributed by atoms with Crippen LogP contribution in [0.25, 0.3) is 0 Å². The minimum absolute atomic E-state index is 0.233. The van der Waals surface area contributed by atoms with Crippen LogP contribution >= 0.6 is 0 Å². The van der Waals surface area contributed by atoms with Gasteiger partial charge in [0, 0.05) is 5.69 Å². The van der Waals surface area contributed by atoms with Crippen LogP contribution in [0.2, 0.25) is 0 Å². The quantitative estimate of drug-likeness (QED) is 0.761. The summed E-state index contributed by atoms with van der Waals surface area (Å²) < 4.78 is 32.2. The first-order valence-corrected chi connectivity index (χ1v) is 8.39. The molecule has 0 spiro atoms. The molecule has 1 amide bonds. The minimum atomic E-state index is -1.22. The van der Waals surface area contributed by atoms with Crippen molar-refractivity contribution in [3.8, 4) is 0 Å². The van der Waals surface area contributed by atoms with Gasteiger partial charge in [-0.2, -0.15) is 0 Å². The second kappa shape index (κ2) is 8.56. The lowest BCUT2D eigenvalue weighted by molar-refractivity contribution is -0.123. The van der Waals surface area contributed by atoms with Crippen LogP contribution in [0, 0.1) is 11.6 Å². The number of para-hydroxylation sites is 1. The minimum Gasteiger partial charge on any atom is -0.449 e. The van der Waals surface area contributed by atoms with Gasteiger partial charge in [-0.1, -0.05) is 38.1 Å². The van der Waals surface area contributed by atoms with E-state index in [2.05, 4.69) is 5.32 Å². The highest BCUT2D eigenvalue weighted by Crippen LogP contribution is 2.26.